The number of likely N-dealkylation sites (tertiary alicyclic amines) is 1. The van der Waals surface area contributed by atoms with Crippen molar-refractivity contribution in [1.29, 1.82) is 5.41 Å². The predicted molar refractivity (Wildman–Crippen MR) is 122 cm³/mol. The number of nitrogens with zero attached hydrogens (tertiary/aromatic N) is 2. The van der Waals surface area contributed by atoms with E-state index in [0.29, 0.717) is 24.2 Å². The van der Waals surface area contributed by atoms with Crippen molar-refractivity contribution in [3.8, 4) is 0 Å². The fourth-order valence-electron chi connectivity index (χ4n) is 3.78. The van der Waals surface area contributed by atoms with Gasteiger partial charge in [0.2, 0.25) is 0 Å². The third kappa shape index (κ3) is 4.97. The second-order valence-corrected chi connectivity index (χ2v) is 7.82. The molecule has 3 aromatic carbocycles. The molecule has 1 fully saturated rings. The van der Waals surface area contributed by atoms with Crippen LogP contribution < -0.4 is 0 Å². The van der Waals surface area contributed by atoms with E-state index in [1.807, 2.05) is 36.5 Å². The van der Waals surface area contributed by atoms with E-state index >= 15 is 0 Å². The number of para-hydroxylation sites is 1. The Morgan fingerprint density at radius 2 is 1.66 bits per heavy atom. The molecule has 1 heterocycles. The van der Waals surface area contributed by atoms with Gasteiger partial charge in [0.05, 0.1) is 17.0 Å². The van der Waals surface area contributed by atoms with Crippen LogP contribution in [-0.2, 0) is 0 Å². The van der Waals surface area contributed by atoms with Gasteiger partial charge in [0.15, 0.2) is 0 Å². The van der Waals surface area contributed by atoms with Gasteiger partial charge in [0.25, 0.3) is 5.91 Å². The maximum atomic E-state index is 14.8. The first-order valence-electron chi connectivity index (χ1n) is 10.5. The number of piperidine rings is 1. The molecule has 1 N–H and O–H groups in total. The highest BCUT2D eigenvalue weighted by atomic mass is 19.1. The fourth-order valence-corrected chi connectivity index (χ4v) is 3.78. The average molecular weight is 431 g/mol. The lowest BCUT2D eigenvalue weighted by atomic mass is 9.96. The minimum atomic E-state index is -0.679. The maximum Gasteiger partial charge on any atom is 0.256 e. The van der Waals surface area contributed by atoms with Gasteiger partial charge in [-0.15, -0.1) is 0 Å². The normalized spacial score (nSPS) is 14.6. The summed E-state index contributed by atoms with van der Waals surface area (Å²) < 4.78 is 28.2. The Balaban J connectivity index is 1.39. The van der Waals surface area contributed by atoms with Crippen LogP contribution in [0.5, 0.6) is 0 Å². The van der Waals surface area contributed by atoms with Gasteiger partial charge in [-0.1, -0.05) is 36.4 Å². The Bertz CT molecular complexity index is 1150. The van der Waals surface area contributed by atoms with Crippen LogP contribution in [0.2, 0.25) is 0 Å². The molecular formula is C26H23F2N3O. The molecule has 0 aromatic heterocycles. The summed E-state index contributed by atoms with van der Waals surface area (Å²) in [6, 6.07) is 19.4. The summed E-state index contributed by atoms with van der Waals surface area (Å²) in [5.41, 5.74) is 1.53. The summed E-state index contributed by atoms with van der Waals surface area (Å²) in [4.78, 5) is 19.0. The first-order chi connectivity index (χ1) is 15.5. The van der Waals surface area contributed by atoms with Crippen molar-refractivity contribution in [2.24, 2.45) is 10.9 Å². The molecule has 6 heteroatoms. The van der Waals surface area contributed by atoms with E-state index in [9.17, 15) is 13.6 Å². The molecule has 0 spiro atoms. The van der Waals surface area contributed by atoms with Crippen molar-refractivity contribution in [3.63, 3.8) is 0 Å². The highest BCUT2D eigenvalue weighted by molar-refractivity contribution is 6.11. The lowest BCUT2D eigenvalue weighted by molar-refractivity contribution is 0.0706. The molecule has 4 rings (SSSR count). The zero-order valence-corrected chi connectivity index (χ0v) is 17.5. The van der Waals surface area contributed by atoms with Gasteiger partial charge in [-0.2, -0.15) is 0 Å². The molecule has 1 saturated heterocycles. The van der Waals surface area contributed by atoms with Crippen LogP contribution in [0.15, 0.2) is 77.8 Å². The van der Waals surface area contributed by atoms with E-state index in [-0.39, 0.29) is 23.1 Å². The van der Waals surface area contributed by atoms with E-state index in [2.05, 4.69) is 4.99 Å². The molecule has 0 bridgehead atoms. The quantitative estimate of drug-likeness (QED) is 0.523. The van der Waals surface area contributed by atoms with Crippen LogP contribution in [0.25, 0.3) is 0 Å². The lowest BCUT2D eigenvalue weighted by Gasteiger charge is -2.30. The topological polar surface area (TPSA) is 56.5 Å². The van der Waals surface area contributed by atoms with Crippen molar-refractivity contribution >= 4 is 23.5 Å². The Hall–Kier alpha value is -3.67. The predicted octanol–water partition coefficient (Wildman–Crippen LogP) is 5.64. The monoisotopic (exact) mass is 431 g/mol. The van der Waals surface area contributed by atoms with Gasteiger partial charge in [0, 0.05) is 30.4 Å². The minimum absolute atomic E-state index is 0.000849. The summed E-state index contributed by atoms with van der Waals surface area (Å²) >= 11 is 0. The lowest BCUT2D eigenvalue weighted by Crippen LogP contribution is -2.39. The number of aliphatic imine (C=N–C) groups is 1. The highest BCUT2D eigenvalue weighted by Crippen LogP contribution is 2.22. The highest BCUT2D eigenvalue weighted by Gasteiger charge is 2.25. The number of amides is 1. The van der Waals surface area contributed by atoms with Crippen LogP contribution in [0.4, 0.5) is 14.5 Å². The Morgan fingerprint density at radius 1 is 0.938 bits per heavy atom. The second kappa shape index (κ2) is 9.64. The summed E-state index contributed by atoms with van der Waals surface area (Å²) in [6.45, 7) is 1.06. The Labute approximate surface area is 185 Å². The number of rotatable bonds is 5. The van der Waals surface area contributed by atoms with Gasteiger partial charge in [-0.3, -0.25) is 15.2 Å². The third-order valence-electron chi connectivity index (χ3n) is 5.62. The first kappa shape index (κ1) is 21.6. The van der Waals surface area contributed by atoms with Crippen molar-refractivity contribution in [2.75, 3.05) is 13.1 Å². The van der Waals surface area contributed by atoms with E-state index in [4.69, 9.17) is 5.41 Å². The number of benzene rings is 3. The van der Waals surface area contributed by atoms with Crippen LogP contribution in [0.3, 0.4) is 0 Å². The minimum Gasteiger partial charge on any atom is -0.339 e. The zero-order valence-electron chi connectivity index (χ0n) is 17.5. The van der Waals surface area contributed by atoms with E-state index in [1.165, 1.54) is 36.4 Å². The van der Waals surface area contributed by atoms with Crippen LogP contribution in [-0.4, -0.2) is 35.8 Å². The number of carbonyl (C=O) groups is 1. The summed E-state index contributed by atoms with van der Waals surface area (Å²) in [5, 5.41) is 8.22. The number of hydrogen-bond acceptors (Lipinski definition) is 3. The first-order valence-corrected chi connectivity index (χ1v) is 10.5. The molecule has 1 aliphatic rings. The van der Waals surface area contributed by atoms with Gasteiger partial charge < -0.3 is 4.90 Å². The average Bonchev–Trinajstić information content (AvgIpc) is 2.83. The van der Waals surface area contributed by atoms with Crippen molar-refractivity contribution < 1.29 is 13.6 Å². The summed E-state index contributed by atoms with van der Waals surface area (Å²) in [7, 11) is 0. The summed E-state index contributed by atoms with van der Waals surface area (Å²) in [6.07, 6.45) is 3.47. The third-order valence-corrected chi connectivity index (χ3v) is 5.62. The van der Waals surface area contributed by atoms with Gasteiger partial charge >= 0.3 is 0 Å². The molecule has 1 aliphatic heterocycles. The maximum absolute atomic E-state index is 14.8. The van der Waals surface area contributed by atoms with Gasteiger partial charge in [-0.25, -0.2) is 8.78 Å². The Kier molecular flexibility index (Phi) is 6.50. The smallest absolute Gasteiger partial charge is 0.256 e. The molecule has 3 aromatic rings. The Morgan fingerprint density at radius 3 is 2.34 bits per heavy atom. The molecule has 0 unspecified atom stereocenters. The number of halogens is 2. The fraction of sp³-hybridized carbons (Fsp3) is 0.192. The number of hydrogen-bond donors (Lipinski definition) is 1. The molecule has 1 amide bonds. The molecule has 32 heavy (non-hydrogen) atoms. The van der Waals surface area contributed by atoms with E-state index in [0.717, 1.165) is 18.5 Å². The molecule has 162 valence electrons. The van der Waals surface area contributed by atoms with Gasteiger partial charge in [-0.05, 0) is 55.2 Å². The molecule has 0 radical (unpaired) electrons. The van der Waals surface area contributed by atoms with Gasteiger partial charge in [0.1, 0.15) is 11.6 Å². The molecule has 0 atom stereocenters. The molecule has 0 saturated carbocycles. The molecular weight excluding hydrogens is 408 g/mol. The largest absolute Gasteiger partial charge is 0.339 e. The van der Waals surface area contributed by atoms with Crippen molar-refractivity contribution in [3.05, 3.63) is 101 Å². The zero-order chi connectivity index (χ0) is 22.5. The molecule has 4 nitrogen and oxygen atoms in total. The summed E-state index contributed by atoms with van der Waals surface area (Å²) in [5.74, 6) is -1.22. The standard InChI is InChI=1S/C26H23F2N3O/c27-21-6-4-5-19(15-21)25(29)20-9-10-23(24(28)16-20)26(32)31-13-11-18(12-14-31)17-30-22-7-2-1-3-8-22/h1-10,15-18,29H,11-14H2. The SMILES string of the molecule is N=C(c1cccc(F)c1)c1ccc(C(=O)N2CCC(C=Nc3ccccc3)CC2)c(F)c1. The van der Waals surface area contributed by atoms with Crippen LogP contribution in [0.1, 0.15) is 34.3 Å². The molecule has 0 aliphatic carbocycles. The van der Waals surface area contributed by atoms with Crippen LogP contribution in [0, 0.1) is 23.0 Å². The van der Waals surface area contributed by atoms with E-state index < -0.39 is 11.6 Å². The second-order valence-electron chi connectivity index (χ2n) is 7.82. The van der Waals surface area contributed by atoms with Crippen LogP contribution >= 0.6 is 0 Å². The van der Waals surface area contributed by atoms with Crippen molar-refractivity contribution in [2.45, 2.75) is 12.8 Å². The van der Waals surface area contributed by atoms with Crippen molar-refractivity contribution in [1.82, 2.24) is 4.90 Å². The van der Waals surface area contributed by atoms with E-state index in [1.54, 1.807) is 11.0 Å². The number of nitrogens with one attached hydrogen (secondary N) is 1. The number of carbonyl (C=O) groups excluding carboxylic acids is 1.